The normalized spacial score (nSPS) is 28.5. The maximum absolute atomic E-state index is 5.45. The van der Waals surface area contributed by atoms with Crippen LogP contribution in [-0.4, -0.2) is 5.71 Å². The highest BCUT2D eigenvalue weighted by atomic mass is 15.1. The molecule has 2 heteroatoms. The van der Waals surface area contributed by atoms with Gasteiger partial charge in [0.05, 0.1) is 0 Å². The number of rotatable bonds is 2. The third-order valence-electron chi connectivity index (χ3n) is 3.43. The largest absolute Gasteiger partial charge is 0.323 e. The van der Waals surface area contributed by atoms with Crippen molar-refractivity contribution in [3.63, 3.8) is 0 Å². The summed E-state index contributed by atoms with van der Waals surface area (Å²) in [4.78, 5) is 0. The van der Waals surface area contributed by atoms with E-state index in [9.17, 15) is 0 Å². The maximum atomic E-state index is 5.45. The Hall–Kier alpha value is -1.31. The van der Waals surface area contributed by atoms with Crippen LogP contribution in [0.1, 0.15) is 31.7 Å². The van der Waals surface area contributed by atoms with Gasteiger partial charge in [0.1, 0.15) is 0 Å². The van der Waals surface area contributed by atoms with Crippen molar-refractivity contribution in [3.05, 3.63) is 35.9 Å². The highest BCUT2D eigenvalue weighted by molar-refractivity contribution is 5.91. The lowest BCUT2D eigenvalue weighted by atomic mass is 9.81. The van der Waals surface area contributed by atoms with E-state index in [0.29, 0.717) is 0 Å². The van der Waals surface area contributed by atoms with Gasteiger partial charge in [-0.3, -0.25) is 0 Å². The summed E-state index contributed by atoms with van der Waals surface area (Å²) in [6.07, 6.45) is 4.56. The van der Waals surface area contributed by atoms with Gasteiger partial charge in [-0.2, -0.15) is 5.10 Å². The molecule has 0 spiro atoms. The Bertz CT molecular complexity index is 356. The molecule has 0 aromatic heterocycles. The second-order valence-electron chi connectivity index (χ2n) is 4.65. The fourth-order valence-corrected chi connectivity index (χ4v) is 2.55. The summed E-state index contributed by atoms with van der Waals surface area (Å²) >= 11 is 0. The molecule has 0 radical (unpaired) electrons. The molecule has 2 nitrogen and oxygen atoms in total. The van der Waals surface area contributed by atoms with Gasteiger partial charge in [0, 0.05) is 11.1 Å². The van der Waals surface area contributed by atoms with Gasteiger partial charge >= 0.3 is 0 Å². The van der Waals surface area contributed by atoms with Gasteiger partial charge in [0.2, 0.25) is 0 Å². The average Bonchev–Trinajstić information content (AvgIpc) is 2.60. The van der Waals surface area contributed by atoms with Gasteiger partial charge in [-0.1, -0.05) is 37.3 Å². The maximum Gasteiger partial charge on any atom is 0.0438 e. The lowest BCUT2D eigenvalue weighted by Crippen LogP contribution is -2.25. The number of nitrogens with two attached hydrogens (primary N) is 1. The third-order valence-corrected chi connectivity index (χ3v) is 3.43. The van der Waals surface area contributed by atoms with Crippen molar-refractivity contribution in [2.45, 2.75) is 32.6 Å². The number of nitrogens with zero attached hydrogens (tertiary/aromatic N) is 1. The minimum atomic E-state index is 0.191. The van der Waals surface area contributed by atoms with Crippen LogP contribution >= 0.6 is 0 Å². The Kier molecular flexibility index (Phi) is 2.76. The number of hydrogen-bond acceptors (Lipinski definition) is 2. The molecule has 1 aliphatic rings. The fraction of sp³-hybridized carbons (Fsp3) is 0.462. The summed E-state index contributed by atoms with van der Waals surface area (Å²) in [6, 6.07) is 10.6. The summed E-state index contributed by atoms with van der Waals surface area (Å²) in [5.41, 5.74) is 2.75. The molecule has 80 valence electrons. The van der Waals surface area contributed by atoms with Crippen molar-refractivity contribution in [2.75, 3.05) is 0 Å². The lowest BCUT2D eigenvalue weighted by Gasteiger charge is -2.24. The quantitative estimate of drug-likeness (QED) is 0.581. The Morgan fingerprint density at radius 3 is 2.73 bits per heavy atom. The van der Waals surface area contributed by atoms with E-state index in [2.05, 4.69) is 42.4 Å². The first kappa shape index (κ1) is 10.2. The monoisotopic (exact) mass is 202 g/mol. The Balaban J connectivity index is 2.18. The first-order valence-electron chi connectivity index (χ1n) is 5.56. The topological polar surface area (TPSA) is 38.4 Å². The van der Waals surface area contributed by atoms with Crippen molar-refractivity contribution in [1.29, 1.82) is 0 Å². The summed E-state index contributed by atoms with van der Waals surface area (Å²) in [5, 5.41) is 3.95. The summed E-state index contributed by atoms with van der Waals surface area (Å²) < 4.78 is 0. The minimum absolute atomic E-state index is 0.191. The third kappa shape index (κ3) is 2.04. The molecule has 0 heterocycles. The predicted molar refractivity (Wildman–Crippen MR) is 63.7 cm³/mol. The van der Waals surface area contributed by atoms with Crippen molar-refractivity contribution in [1.82, 2.24) is 0 Å². The van der Waals surface area contributed by atoms with Crippen molar-refractivity contribution < 1.29 is 0 Å². The van der Waals surface area contributed by atoms with E-state index in [1.807, 2.05) is 0 Å². The van der Waals surface area contributed by atoms with Gasteiger partial charge in [0.25, 0.3) is 0 Å². The molecule has 1 atom stereocenters. The minimum Gasteiger partial charge on any atom is -0.323 e. The molecule has 1 aliphatic carbocycles. The van der Waals surface area contributed by atoms with Crippen LogP contribution in [0.15, 0.2) is 35.4 Å². The van der Waals surface area contributed by atoms with Crippen LogP contribution in [0.2, 0.25) is 0 Å². The zero-order valence-electron chi connectivity index (χ0n) is 9.24. The standard InChI is InChI=1S/C13H18N2/c1-13(9-5-8-12(13)15-14)10-11-6-3-2-4-7-11/h2-4,6-7H,5,8-10,14H2,1H3. The zero-order valence-corrected chi connectivity index (χ0v) is 9.24. The van der Waals surface area contributed by atoms with E-state index in [-0.39, 0.29) is 5.41 Å². The van der Waals surface area contributed by atoms with Gasteiger partial charge in [-0.05, 0) is 31.2 Å². The molecule has 1 fully saturated rings. The average molecular weight is 202 g/mol. The van der Waals surface area contributed by atoms with E-state index in [0.717, 1.165) is 12.8 Å². The summed E-state index contributed by atoms with van der Waals surface area (Å²) in [6.45, 7) is 2.28. The van der Waals surface area contributed by atoms with E-state index in [1.54, 1.807) is 0 Å². The molecule has 1 aromatic rings. The smallest absolute Gasteiger partial charge is 0.0438 e. The molecule has 1 saturated carbocycles. The Morgan fingerprint density at radius 1 is 1.33 bits per heavy atom. The second-order valence-corrected chi connectivity index (χ2v) is 4.65. The van der Waals surface area contributed by atoms with Crippen LogP contribution in [0.25, 0.3) is 0 Å². The molecule has 15 heavy (non-hydrogen) atoms. The summed E-state index contributed by atoms with van der Waals surface area (Å²) in [7, 11) is 0. The van der Waals surface area contributed by atoms with Crippen LogP contribution in [0.4, 0.5) is 0 Å². The summed E-state index contributed by atoms with van der Waals surface area (Å²) in [5.74, 6) is 5.45. The first-order valence-corrected chi connectivity index (χ1v) is 5.56. The SMILES string of the molecule is CC1(Cc2ccccc2)CCCC1=NN. The van der Waals surface area contributed by atoms with Crippen LogP contribution in [0.5, 0.6) is 0 Å². The lowest BCUT2D eigenvalue weighted by molar-refractivity contribution is 0.454. The number of hydrogen-bond donors (Lipinski definition) is 1. The molecule has 0 bridgehead atoms. The number of benzene rings is 1. The molecular weight excluding hydrogens is 184 g/mol. The van der Waals surface area contributed by atoms with Gasteiger partial charge < -0.3 is 5.84 Å². The first-order chi connectivity index (χ1) is 7.24. The molecule has 0 saturated heterocycles. The molecular formula is C13H18N2. The number of hydrazone groups is 1. The van der Waals surface area contributed by atoms with Crippen molar-refractivity contribution in [2.24, 2.45) is 16.4 Å². The zero-order chi connectivity index (χ0) is 10.7. The second kappa shape index (κ2) is 4.05. The van der Waals surface area contributed by atoms with E-state index in [1.165, 1.54) is 24.1 Å². The van der Waals surface area contributed by atoms with Gasteiger partial charge in [-0.15, -0.1) is 0 Å². The van der Waals surface area contributed by atoms with Crippen molar-refractivity contribution in [3.8, 4) is 0 Å². The highest BCUT2D eigenvalue weighted by Gasteiger charge is 2.35. The van der Waals surface area contributed by atoms with Crippen molar-refractivity contribution >= 4 is 5.71 Å². The molecule has 1 unspecified atom stereocenters. The molecule has 2 rings (SSSR count). The highest BCUT2D eigenvalue weighted by Crippen LogP contribution is 2.38. The Morgan fingerprint density at radius 2 is 2.07 bits per heavy atom. The van der Waals surface area contributed by atoms with E-state index < -0.39 is 0 Å². The van der Waals surface area contributed by atoms with E-state index in [4.69, 9.17) is 5.84 Å². The van der Waals surface area contributed by atoms with Crippen LogP contribution in [0, 0.1) is 5.41 Å². The predicted octanol–water partition coefficient (Wildman–Crippen LogP) is 2.73. The van der Waals surface area contributed by atoms with Gasteiger partial charge in [-0.25, -0.2) is 0 Å². The van der Waals surface area contributed by atoms with Crippen LogP contribution in [-0.2, 0) is 6.42 Å². The molecule has 0 amide bonds. The van der Waals surface area contributed by atoms with Crippen LogP contribution in [0.3, 0.4) is 0 Å². The molecule has 1 aromatic carbocycles. The fourth-order valence-electron chi connectivity index (χ4n) is 2.55. The van der Waals surface area contributed by atoms with Gasteiger partial charge in [0.15, 0.2) is 0 Å². The molecule has 0 aliphatic heterocycles. The van der Waals surface area contributed by atoms with Crippen LogP contribution < -0.4 is 5.84 Å². The molecule has 2 N–H and O–H groups in total. The Labute approximate surface area is 91.2 Å². The van der Waals surface area contributed by atoms with E-state index >= 15 is 0 Å².